The predicted octanol–water partition coefficient (Wildman–Crippen LogP) is 3.92. The molecule has 3 aliphatic rings. The van der Waals surface area contributed by atoms with Gasteiger partial charge < -0.3 is 15.2 Å². The van der Waals surface area contributed by atoms with Crippen LogP contribution in [0.25, 0.3) is 0 Å². The van der Waals surface area contributed by atoms with Crippen LogP contribution in [0.5, 0.6) is 5.88 Å². The number of amides is 1. The van der Waals surface area contributed by atoms with Gasteiger partial charge >= 0.3 is 5.97 Å². The highest BCUT2D eigenvalue weighted by atomic mass is 35.5. The average molecular weight is 414 g/mol. The van der Waals surface area contributed by atoms with Crippen molar-refractivity contribution in [3.8, 4) is 5.88 Å². The Labute approximate surface area is 172 Å². The Hall–Kier alpha value is -2.67. The molecule has 2 aromatic rings. The summed E-state index contributed by atoms with van der Waals surface area (Å²) in [6, 6.07) is 4.96. The zero-order valence-electron chi connectivity index (χ0n) is 15.7. The molecule has 7 nitrogen and oxygen atoms in total. The molecule has 0 saturated heterocycles. The minimum Gasteiger partial charge on any atom is -0.477 e. The molecule has 5 rings (SSSR count). The van der Waals surface area contributed by atoms with Gasteiger partial charge in [0.15, 0.2) is 0 Å². The third kappa shape index (κ3) is 3.13. The molecule has 2 aromatic heterocycles. The van der Waals surface area contributed by atoms with E-state index < -0.39 is 11.4 Å². The van der Waals surface area contributed by atoms with Crippen LogP contribution in [0.2, 0.25) is 5.02 Å². The molecule has 2 fully saturated rings. The number of carboxylic acids is 1. The summed E-state index contributed by atoms with van der Waals surface area (Å²) in [5.41, 5.74) is 1.44. The Kier molecular flexibility index (Phi) is 4.24. The molecule has 2 N–H and O–H groups in total. The Morgan fingerprint density at radius 2 is 2.00 bits per heavy atom. The van der Waals surface area contributed by atoms with Crippen LogP contribution in [-0.2, 0) is 10.2 Å². The number of pyridine rings is 2. The lowest BCUT2D eigenvalue weighted by Crippen LogP contribution is -2.41. The topological polar surface area (TPSA) is 101 Å². The summed E-state index contributed by atoms with van der Waals surface area (Å²) in [4.78, 5) is 32.7. The van der Waals surface area contributed by atoms with Crippen LogP contribution < -0.4 is 10.1 Å². The van der Waals surface area contributed by atoms with Crippen LogP contribution in [0, 0.1) is 0 Å². The van der Waals surface area contributed by atoms with Crippen molar-refractivity contribution in [2.45, 2.75) is 56.0 Å². The Morgan fingerprint density at radius 3 is 2.66 bits per heavy atom. The Morgan fingerprint density at radius 1 is 1.24 bits per heavy atom. The fourth-order valence-corrected chi connectivity index (χ4v) is 4.60. The van der Waals surface area contributed by atoms with E-state index in [-0.39, 0.29) is 17.7 Å². The van der Waals surface area contributed by atoms with Crippen LogP contribution >= 0.6 is 11.6 Å². The second-order valence-corrected chi connectivity index (χ2v) is 8.49. The zero-order valence-corrected chi connectivity index (χ0v) is 16.4. The molecule has 1 amide bonds. The van der Waals surface area contributed by atoms with E-state index in [1.165, 1.54) is 18.9 Å². The molecule has 0 bridgehead atoms. The van der Waals surface area contributed by atoms with Gasteiger partial charge in [0.2, 0.25) is 11.8 Å². The van der Waals surface area contributed by atoms with Crippen LogP contribution in [0.15, 0.2) is 24.4 Å². The first-order valence-electron chi connectivity index (χ1n) is 9.85. The summed E-state index contributed by atoms with van der Waals surface area (Å²) in [5.74, 6) is -0.215. The molecular formula is C21H20ClN3O4. The standard InChI is InChI=1S/C21H20ClN3O4/c22-14-9-12(11-1-2-11)10-23-18(14)29-13-5-7-21(8-6-13)17-15(25-20(21)28)3-4-16(24-17)19(26)27/h3-4,9-11,13H,1-2,5-8H2,(H,25,28)(H,26,27)/t13-,21+. The molecule has 0 atom stereocenters. The summed E-state index contributed by atoms with van der Waals surface area (Å²) < 4.78 is 6.04. The number of fused-ring (bicyclic) bond motifs is 2. The van der Waals surface area contributed by atoms with Crippen molar-refractivity contribution in [2.24, 2.45) is 0 Å². The summed E-state index contributed by atoms with van der Waals surface area (Å²) in [5, 5.41) is 12.6. The Balaban J connectivity index is 1.32. The molecule has 8 heteroatoms. The maximum absolute atomic E-state index is 12.7. The van der Waals surface area contributed by atoms with Gasteiger partial charge in [-0.25, -0.2) is 14.8 Å². The molecule has 1 spiro atoms. The Bertz CT molecular complexity index is 1010. The molecule has 0 radical (unpaired) electrons. The molecule has 150 valence electrons. The fourth-order valence-electron chi connectivity index (χ4n) is 4.38. The van der Waals surface area contributed by atoms with Crippen molar-refractivity contribution in [3.05, 3.63) is 46.4 Å². The summed E-state index contributed by atoms with van der Waals surface area (Å²) in [7, 11) is 0. The second kappa shape index (κ2) is 6.69. The van der Waals surface area contributed by atoms with Gasteiger partial charge in [0, 0.05) is 6.20 Å². The first-order valence-corrected chi connectivity index (χ1v) is 10.2. The van der Waals surface area contributed by atoms with Gasteiger partial charge in [0.1, 0.15) is 16.8 Å². The number of hydrogen-bond donors (Lipinski definition) is 2. The lowest BCUT2D eigenvalue weighted by atomic mass is 9.71. The number of anilines is 1. The van der Waals surface area contributed by atoms with Crippen molar-refractivity contribution < 1.29 is 19.4 Å². The number of ether oxygens (including phenoxy) is 1. The molecular weight excluding hydrogens is 394 g/mol. The van der Waals surface area contributed by atoms with Gasteiger partial charge in [-0.1, -0.05) is 11.6 Å². The van der Waals surface area contributed by atoms with E-state index in [9.17, 15) is 14.7 Å². The van der Waals surface area contributed by atoms with E-state index in [1.54, 1.807) is 6.07 Å². The van der Waals surface area contributed by atoms with Gasteiger partial charge in [-0.15, -0.1) is 0 Å². The number of nitrogens with one attached hydrogen (secondary N) is 1. The predicted molar refractivity (Wildman–Crippen MR) is 106 cm³/mol. The van der Waals surface area contributed by atoms with E-state index in [0.29, 0.717) is 53.9 Å². The SMILES string of the molecule is O=C(O)c1ccc2c(n1)[C@]1(CC[C@H](Oc3ncc(C4CC4)cc3Cl)CC1)C(=O)N2. The molecule has 3 heterocycles. The number of nitrogens with zero attached hydrogens (tertiary/aromatic N) is 2. The zero-order chi connectivity index (χ0) is 20.2. The second-order valence-electron chi connectivity index (χ2n) is 8.08. The quantitative estimate of drug-likeness (QED) is 0.787. The highest BCUT2D eigenvalue weighted by molar-refractivity contribution is 6.31. The molecule has 0 aromatic carbocycles. The lowest BCUT2D eigenvalue weighted by Gasteiger charge is -2.34. The van der Waals surface area contributed by atoms with Crippen LogP contribution in [0.3, 0.4) is 0 Å². The van der Waals surface area contributed by atoms with E-state index in [4.69, 9.17) is 16.3 Å². The number of carbonyl (C=O) groups excluding carboxylic acids is 1. The molecule has 2 aliphatic carbocycles. The normalized spacial score (nSPS) is 25.6. The minimum absolute atomic E-state index is 0.0512. The monoisotopic (exact) mass is 413 g/mol. The van der Waals surface area contributed by atoms with Gasteiger partial charge in [-0.3, -0.25) is 4.79 Å². The molecule has 2 saturated carbocycles. The van der Waals surface area contributed by atoms with Crippen molar-refractivity contribution in [3.63, 3.8) is 0 Å². The number of carboxylic acid groups (broad SMARTS) is 1. The third-order valence-electron chi connectivity index (χ3n) is 6.19. The largest absolute Gasteiger partial charge is 0.477 e. The van der Waals surface area contributed by atoms with Crippen LogP contribution in [0.4, 0.5) is 5.69 Å². The maximum atomic E-state index is 12.7. The van der Waals surface area contributed by atoms with E-state index in [0.717, 1.165) is 5.56 Å². The number of hydrogen-bond acceptors (Lipinski definition) is 5. The highest BCUT2D eigenvalue weighted by Gasteiger charge is 2.50. The number of halogens is 1. The smallest absolute Gasteiger partial charge is 0.354 e. The molecule has 29 heavy (non-hydrogen) atoms. The first-order chi connectivity index (χ1) is 14.0. The number of rotatable bonds is 4. The van der Waals surface area contributed by atoms with Crippen molar-refractivity contribution in [1.29, 1.82) is 0 Å². The van der Waals surface area contributed by atoms with Crippen molar-refractivity contribution in [2.75, 3.05) is 5.32 Å². The first kappa shape index (κ1) is 18.4. The van der Waals surface area contributed by atoms with Crippen LogP contribution in [0.1, 0.15) is 66.2 Å². The molecule has 1 aliphatic heterocycles. The van der Waals surface area contributed by atoms with Crippen molar-refractivity contribution in [1.82, 2.24) is 9.97 Å². The highest BCUT2D eigenvalue weighted by Crippen LogP contribution is 2.47. The number of aromatic carboxylic acids is 1. The summed E-state index contributed by atoms with van der Waals surface area (Å²) in [6.07, 6.45) is 6.43. The van der Waals surface area contributed by atoms with Gasteiger partial charge in [-0.05, 0) is 68.2 Å². The number of carbonyl (C=O) groups is 2. The van der Waals surface area contributed by atoms with E-state index in [1.807, 2.05) is 12.3 Å². The molecule has 0 unspecified atom stereocenters. The average Bonchev–Trinajstić information content (AvgIpc) is 3.52. The maximum Gasteiger partial charge on any atom is 0.354 e. The van der Waals surface area contributed by atoms with E-state index >= 15 is 0 Å². The van der Waals surface area contributed by atoms with Gasteiger partial charge in [-0.2, -0.15) is 0 Å². The summed E-state index contributed by atoms with van der Waals surface area (Å²) in [6.45, 7) is 0. The van der Waals surface area contributed by atoms with Gasteiger partial charge in [0.25, 0.3) is 0 Å². The van der Waals surface area contributed by atoms with Crippen LogP contribution in [-0.4, -0.2) is 33.1 Å². The van der Waals surface area contributed by atoms with Crippen molar-refractivity contribution >= 4 is 29.2 Å². The third-order valence-corrected chi connectivity index (χ3v) is 6.46. The minimum atomic E-state index is -1.10. The lowest BCUT2D eigenvalue weighted by molar-refractivity contribution is -0.122. The number of aromatic nitrogens is 2. The summed E-state index contributed by atoms with van der Waals surface area (Å²) >= 11 is 6.36. The van der Waals surface area contributed by atoms with Gasteiger partial charge in [0.05, 0.1) is 16.8 Å². The van der Waals surface area contributed by atoms with E-state index in [2.05, 4.69) is 15.3 Å². The fraction of sp³-hybridized carbons (Fsp3) is 0.429.